The maximum Gasteiger partial charge on any atom is 0.265 e. The molecule has 0 saturated heterocycles. The zero-order valence-corrected chi connectivity index (χ0v) is 16.1. The Hall–Kier alpha value is -2.60. The molecule has 136 valence electrons. The normalized spacial score (nSPS) is 17.5. The summed E-state index contributed by atoms with van der Waals surface area (Å²) in [7, 11) is 0.123. The molecular weight excluding hydrogens is 348 g/mol. The Morgan fingerprint density at radius 1 is 1.00 bits per heavy atom. The first-order chi connectivity index (χ1) is 12.2. The smallest absolute Gasteiger partial charge is 0.265 e. The lowest BCUT2D eigenvalue weighted by Gasteiger charge is -2.34. The minimum absolute atomic E-state index is 0.0683. The number of rotatable bonds is 3. The standard InChI is InChI=1S/C20H22N2O3S/c1-14(2)22-18(13-15-9-11-16(12-10-15)21(3)4)20(23)17-7-5-6-8-19(17)26(22,24)25/h5-14H,1-4H3. The minimum atomic E-state index is -3.77. The van der Waals surface area contributed by atoms with Crippen molar-refractivity contribution in [3.8, 4) is 0 Å². The van der Waals surface area contributed by atoms with Crippen LogP contribution in [0.1, 0.15) is 29.8 Å². The summed E-state index contributed by atoms with van der Waals surface area (Å²) in [6.07, 6.45) is 1.65. The fraction of sp³-hybridized carbons (Fsp3) is 0.250. The van der Waals surface area contributed by atoms with Gasteiger partial charge in [0.2, 0.25) is 5.78 Å². The van der Waals surface area contributed by atoms with Crippen molar-refractivity contribution in [3.63, 3.8) is 0 Å². The monoisotopic (exact) mass is 370 g/mol. The number of benzene rings is 2. The second kappa shape index (κ2) is 6.61. The van der Waals surface area contributed by atoms with Crippen molar-refractivity contribution in [1.29, 1.82) is 0 Å². The van der Waals surface area contributed by atoms with Crippen molar-refractivity contribution < 1.29 is 13.2 Å². The molecule has 0 saturated carbocycles. The van der Waals surface area contributed by atoms with Crippen molar-refractivity contribution in [1.82, 2.24) is 4.31 Å². The molecular formula is C20H22N2O3S. The van der Waals surface area contributed by atoms with Crippen LogP contribution >= 0.6 is 0 Å². The van der Waals surface area contributed by atoms with Crippen LogP contribution in [0.4, 0.5) is 5.69 Å². The molecule has 0 atom stereocenters. The van der Waals surface area contributed by atoms with E-state index in [9.17, 15) is 13.2 Å². The van der Waals surface area contributed by atoms with Crippen LogP contribution in [0, 0.1) is 0 Å². The van der Waals surface area contributed by atoms with Gasteiger partial charge in [0.05, 0.1) is 4.90 Å². The van der Waals surface area contributed by atoms with E-state index in [1.807, 2.05) is 43.3 Å². The van der Waals surface area contributed by atoms with E-state index in [0.717, 1.165) is 11.3 Å². The fourth-order valence-corrected chi connectivity index (χ4v) is 4.91. The molecule has 2 aromatic carbocycles. The van der Waals surface area contributed by atoms with Crippen molar-refractivity contribution in [2.45, 2.75) is 24.8 Å². The number of nitrogens with zero attached hydrogens (tertiary/aromatic N) is 2. The van der Waals surface area contributed by atoms with Crippen molar-refractivity contribution >= 4 is 27.6 Å². The molecule has 1 heterocycles. The Bertz CT molecular complexity index is 974. The largest absolute Gasteiger partial charge is 0.378 e. The van der Waals surface area contributed by atoms with E-state index in [-0.39, 0.29) is 28.0 Å². The Morgan fingerprint density at radius 3 is 2.19 bits per heavy atom. The van der Waals surface area contributed by atoms with Crippen LogP contribution in [0.3, 0.4) is 0 Å². The third-order valence-corrected chi connectivity index (χ3v) is 6.37. The van der Waals surface area contributed by atoms with Gasteiger partial charge < -0.3 is 4.90 Å². The Labute approximate surface area is 154 Å². The van der Waals surface area contributed by atoms with Crippen LogP contribution in [0.5, 0.6) is 0 Å². The van der Waals surface area contributed by atoms with Gasteiger partial charge in [0, 0.05) is 31.4 Å². The number of sulfonamides is 1. The molecule has 0 radical (unpaired) electrons. The first-order valence-electron chi connectivity index (χ1n) is 8.40. The third kappa shape index (κ3) is 3.01. The topological polar surface area (TPSA) is 57.7 Å². The summed E-state index contributed by atoms with van der Waals surface area (Å²) in [5, 5.41) is 0. The predicted octanol–water partition coefficient (Wildman–Crippen LogP) is 3.39. The highest BCUT2D eigenvalue weighted by Gasteiger charge is 2.40. The van der Waals surface area contributed by atoms with Crippen molar-refractivity contribution in [2.75, 3.05) is 19.0 Å². The highest BCUT2D eigenvalue weighted by molar-refractivity contribution is 7.89. The number of hydrogen-bond donors (Lipinski definition) is 0. The van der Waals surface area contributed by atoms with Gasteiger partial charge in [-0.1, -0.05) is 24.3 Å². The van der Waals surface area contributed by atoms with Gasteiger partial charge >= 0.3 is 0 Å². The number of ketones is 1. The average Bonchev–Trinajstić information content (AvgIpc) is 2.59. The molecule has 0 spiro atoms. The molecule has 1 aliphatic heterocycles. The Morgan fingerprint density at radius 2 is 1.62 bits per heavy atom. The number of hydrogen-bond acceptors (Lipinski definition) is 4. The average molecular weight is 370 g/mol. The van der Waals surface area contributed by atoms with E-state index >= 15 is 0 Å². The molecule has 26 heavy (non-hydrogen) atoms. The molecule has 0 N–H and O–H groups in total. The molecule has 5 nitrogen and oxygen atoms in total. The lowest BCUT2D eigenvalue weighted by Crippen LogP contribution is -2.43. The van der Waals surface area contributed by atoms with E-state index in [2.05, 4.69) is 0 Å². The SMILES string of the molecule is CC(C)N1C(=Cc2ccc(N(C)C)cc2)C(=O)c2ccccc2S1(=O)=O. The first kappa shape index (κ1) is 18.2. The first-order valence-corrected chi connectivity index (χ1v) is 9.84. The van der Waals surface area contributed by atoms with Gasteiger partial charge in [-0.15, -0.1) is 0 Å². The van der Waals surface area contributed by atoms with E-state index in [0.29, 0.717) is 0 Å². The molecule has 6 heteroatoms. The molecule has 2 aromatic rings. The zero-order valence-electron chi connectivity index (χ0n) is 15.3. The van der Waals surface area contributed by atoms with E-state index in [1.54, 1.807) is 38.1 Å². The maximum atomic E-state index is 13.1. The summed E-state index contributed by atoms with van der Waals surface area (Å²) < 4.78 is 27.3. The number of anilines is 1. The fourth-order valence-electron chi connectivity index (χ4n) is 3.06. The van der Waals surface area contributed by atoms with Gasteiger partial charge in [-0.25, -0.2) is 8.42 Å². The second-order valence-corrected chi connectivity index (χ2v) is 8.52. The summed E-state index contributed by atoms with van der Waals surface area (Å²) in [5.41, 5.74) is 2.21. The minimum Gasteiger partial charge on any atom is -0.378 e. The number of carbonyl (C=O) groups is 1. The van der Waals surface area contributed by atoms with Gasteiger partial charge in [0.25, 0.3) is 10.0 Å². The molecule has 0 aromatic heterocycles. The zero-order chi connectivity index (χ0) is 19.1. The Kier molecular flexibility index (Phi) is 4.63. The van der Waals surface area contributed by atoms with E-state index in [4.69, 9.17) is 0 Å². The number of carbonyl (C=O) groups excluding carboxylic acids is 1. The Balaban J connectivity index is 2.17. The van der Waals surface area contributed by atoms with Crippen molar-refractivity contribution in [2.24, 2.45) is 0 Å². The highest BCUT2D eigenvalue weighted by Crippen LogP contribution is 2.34. The van der Waals surface area contributed by atoms with Gasteiger partial charge in [0.1, 0.15) is 5.70 Å². The molecule has 1 aliphatic rings. The van der Waals surface area contributed by atoms with Crippen LogP contribution in [0.2, 0.25) is 0 Å². The van der Waals surface area contributed by atoms with E-state index in [1.165, 1.54) is 10.4 Å². The number of allylic oxidation sites excluding steroid dienone is 1. The third-order valence-electron chi connectivity index (χ3n) is 4.32. The summed E-state index contributed by atoms with van der Waals surface area (Å²) in [6, 6.07) is 13.6. The summed E-state index contributed by atoms with van der Waals surface area (Å²) in [4.78, 5) is 15.1. The molecule has 0 bridgehead atoms. The molecule has 0 amide bonds. The number of Topliss-reactive ketones (excluding diaryl/α,β-unsaturated/α-hetero) is 1. The summed E-state index contributed by atoms with van der Waals surface area (Å²) in [6.45, 7) is 3.53. The molecule has 0 fully saturated rings. The quantitative estimate of drug-likeness (QED) is 0.777. The van der Waals surface area contributed by atoms with Crippen LogP contribution < -0.4 is 4.90 Å². The summed E-state index contributed by atoms with van der Waals surface area (Å²) in [5.74, 6) is -0.277. The highest BCUT2D eigenvalue weighted by atomic mass is 32.2. The van der Waals surface area contributed by atoms with Gasteiger partial charge in [0.15, 0.2) is 0 Å². The van der Waals surface area contributed by atoms with Crippen LogP contribution in [-0.4, -0.2) is 38.6 Å². The van der Waals surface area contributed by atoms with Crippen LogP contribution in [0.25, 0.3) is 6.08 Å². The molecule has 3 rings (SSSR count). The van der Waals surface area contributed by atoms with Crippen LogP contribution in [0.15, 0.2) is 59.1 Å². The maximum absolute atomic E-state index is 13.1. The molecule has 0 aliphatic carbocycles. The predicted molar refractivity (Wildman–Crippen MR) is 104 cm³/mol. The lowest BCUT2D eigenvalue weighted by atomic mass is 10.0. The second-order valence-electron chi connectivity index (χ2n) is 6.74. The van der Waals surface area contributed by atoms with E-state index < -0.39 is 10.0 Å². The van der Waals surface area contributed by atoms with Gasteiger partial charge in [-0.05, 0) is 49.8 Å². The number of fused-ring (bicyclic) bond motifs is 1. The van der Waals surface area contributed by atoms with Crippen molar-refractivity contribution in [3.05, 3.63) is 65.4 Å². The van der Waals surface area contributed by atoms with Crippen LogP contribution in [-0.2, 0) is 10.0 Å². The lowest BCUT2D eigenvalue weighted by molar-refractivity contribution is 0.0996. The van der Waals surface area contributed by atoms with Gasteiger partial charge in [-0.3, -0.25) is 9.10 Å². The summed E-state index contributed by atoms with van der Waals surface area (Å²) >= 11 is 0. The van der Waals surface area contributed by atoms with Gasteiger partial charge in [-0.2, -0.15) is 0 Å². The molecule has 0 unspecified atom stereocenters.